The molecule has 0 spiro atoms. The zero-order valence-corrected chi connectivity index (χ0v) is 19.4. The monoisotopic (exact) mass is 496 g/mol. The van der Waals surface area contributed by atoms with E-state index in [0.717, 1.165) is 14.2 Å². The second kappa shape index (κ2) is 10.8. The van der Waals surface area contributed by atoms with Crippen LogP contribution in [-0.4, -0.2) is 58.2 Å². The maximum atomic E-state index is 13.4. The minimum Gasteiger partial charge on any atom is -0.508 e. The second-order valence-electron chi connectivity index (χ2n) is 8.03. The van der Waals surface area contributed by atoms with E-state index in [-0.39, 0.29) is 11.5 Å². The van der Waals surface area contributed by atoms with E-state index in [9.17, 15) is 39.6 Å². The highest BCUT2D eigenvalue weighted by atomic mass is 16.5. The van der Waals surface area contributed by atoms with Gasteiger partial charge in [-0.05, 0) is 35.4 Å². The molecular weight excluding hydrogens is 472 g/mol. The van der Waals surface area contributed by atoms with E-state index in [1.54, 1.807) is 0 Å². The van der Waals surface area contributed by atoms with Crippen molar-refractivity contribution in [1.82, 2.24) is 0 Å². The molecule has 2 aromatic carbocycles. The molecule has 36 heavy (non-hydrogen) atoms. The summed E-state index contributed by atoms with van der Waals surface area (Å²) in [5.74, 6) is -8.29. The number of benzene rings is 2. The summed E-state index contributed by atoms with van der Waals surface area (Å²) >= 11 is 0. The number of methoxy groups -OCH3 is 2. The lowest BCUT2D eigenvalue weighted by atomic mass is 9.76. The molecule has 4 N–H and O–H groups in total. The lowest BCUT2D eigenvalue weighted by Gasteiger charge is -2.27. The number of hydrogen-bond acceptors (Lipinski definition) is 10. The average molecular weight is 496 g/mol. The Kier molecular flexibility index (Phi) is 7.78. The number of phenols is 2. The summed E-state index contributed by atoms with van der Waals surface area (Å²) in [5.41, 5.74) is -0.469. The first kappa shape index (κ1) is 26.0. The minimum atomic E-state index is -1.19. The number of carbonyl (C=O) groups excluding carboxylic acids is 4. The van der Waals surface area contributed by atoms with Crippen LogP contribution in [0.3, 0.4) is 0 Å². The highest BCUT2D eigenvalue weighted by Crippen LogP contribution is 2.41. The van der Waals surface area contributed by atoms with Gasteiger partial charge in [-0.15, -0.1) is 0 Å². The third kappa shape index (κ3) is 5.22. The van der Waals surface area contributed by atoms with Gasteiger partial charge in [0.2, 0.25) is 11.6 Å². The topological polar surface area (TPSA) is 168 Å². The Morgan fingerprint density at radius 1 is 0.639 bits per heavy atom. The third-order valence-corrected chi connectivity index (χ3v) is 5.91. The first-order valence-electron chi connectivity index (χ1n) is 10.8. The number of ketones is 2. The van der Waals surface area contributed by atoms with Crippen molar-refractivity contribution in [3.63, 3.8) is 0 Å². The van der Waals surface area contributed by atoms with Gasteiger partial charge in [0.1, 0.15) is 11.5 Å². The molecule has 1 aliphatic rings. The number of carbonyl (C=O) groups is 4. The summed E-state index contributed by atoms with van der Waals surface area (Å²) in [6.07, 6.45) is -0.905. The van der Waals surface area contributed by atoms with Crippen molar-refractivity contribution in [1.29, 1.82) is 0 Å². The maximum Gasteiger partial charge on any atom is 0.306 e. The summed E-state index contributed by atoms with van der Waals surface area (Å²) in [4.78, 5) is 50.9. The predicted molar refractivity (Wildman–Crippen MR) is 124 cm³/mol. The molecule has 0 bridgehead atoms. The van der Waals surface area contributed by atoms with Gasteiger partial charge in [0.25, 0.3) is 0 Å². The lowest BCUT2D eigenvalue weighted by molar-refractivity contribution is -0.142. The Morgan fingerprint density at radius 3 is 1.22 bits per heavy atom. The number of ether oxygens (including phenoxy) is 2. The molecule has 1 aliphatic carbocycles. The number of esters is 2. The fourth-order valence-electron chi connectivity index (χ4n) is 4.05. The number of aliphatic hydroxyl groups excluding tert-OH is 2. The van der Waals surface area contributed by atoms with Crippen molar-refractivity contribution < 1.29 is 49.1 Å². The van der Waals surface area contributed by atoms with E-state index < -0.39 is 70.8 Å². The van der Waals surface area contributed by atoms with E-state index in [4.69, 9.17) is 0 Å². The first-order valence-corrected chi connectivity index (χ1v) is 10.8. The van der Waals surface area contributed by atoms with E-state index in [2.05, 4.69) is 9.47 Å². The number of rotatable bonds is 8. The second-order valence-corrected chi connectivity index (χ2v) is 8.03. The molecule has 0 saturated heterocycles. The molecule has 0 unspecified atom stereocenters. The van der Waals surface area contributed by atoms with Gasteiger partial charge >= 0.3 is 11.9 Å². The van der Waals surface area contributed by atoms with Crippen LogP contribution in [0.4, 0.5) is 0 Å². The number of Topliss-reactive ketones (excluding diaryl/α,β-unsaturated/α-hetero) is 2. The normalized spacial score (nSPS) is 15.5. The summed E-state index contributed by atoms with van der Waals surface area (Å²) in [6.45, 7) is 0. The fraction of sp³-hybridized carbons (Fsp3) is 0.231. The third-order valence-electron chi connectivity index (χ3n) is 5.91. The highest BCUT2D eigenvalue weighted by Gasteiger charge is 2.43. The molecule has 10 nitrogen and oxygen atoms in total. The van der Waals surface area contributed by atoms with E-state index in [0.29, 0.717) is 11.1 Å². The Hall–Kier alpha value is -4.60. The zero-order valence-electron chi connectivity index (χ0n) is 19.4. The molecular formula is C26H24O10. The summed E-state index contributed by atoms with van der Waals surface area (Å²) < 4.78 is 9.38. The molecule has 188 valence electrons. The van der Waals surface area contributed by atoms with Crippen molar-refractivity contribution in [3.8, 4) is 11.5 Å². The highest BCUT2D eigenvalue weighted by molar-refractivity contribution is 6.24. The molecule has 0 heterocycles. The Morgan fingerprint density at radius 2 is 0.944 bits per heavy atom. The first-order chi connectivity index (χ1) is 17.1. The molecule has 0 saturated carbocycles. The van der Waals surface area contributed by atoms with Crippen molar-refractivity contribution in [2.24, 2.45) is 0 Å². The van der Waals surface area contributed by atoms with Crippen LogP contribution in [0, 0.1) is 0 Å². The van der Waals surface area contributed by atoms with Crippen LogP contribution >= 0.6 is 0 Å². The van der Waals surface area contributed by atoms with Crippen LogP contribution in [0.2, 0.25) is 0 Å². The van der Waals surface area contributed by atoms with Gasteiger partial charge in [-0.25, -0.2) is 0 Å². The van der Waals surface area contributed by atoms with Gasteiger partial charge in [-0.3, -0.25) is 19.2 Å². The zero-order chi connectivity index (χ0) is 26.6. The van der Waals surface area contributed by atoms with E-state index in [1.807, 2.05) is 0 Å². The maximum absolute atomic E-state index is 13.4. The van der Waals surface area contributed by atoms with E-state index in [1.165, 1.54) is 48.5 Å². The molecule has 3 rings (SSSR count). The van der Waals surface area contributed by atoms with Crippen molar-refractivity contribution >= 4 is 23.5 Å². The van der Waals surface area contributed by atoms with Crippen LogP contribution in [0.25, 0.3) is 0 Å². The van der Waals surface area contributed by atoms with Gasteiger partial charge in [0.05, 0.1) is 38.2 Å². The van der Waals surface area contributed by atoms with Crippen LogP contribution < -0.4 is 0 Å². The Labute approximate surface area is 205 Å². The molecule has 0 aliphatic heterocycles. The van der Waals surface area contributed by atoms with Crippen molar-refractivity contribution in [2.75, 3.05) is 14.2 Å². The van der Waals surface area contributed by atoms with Gasteiger partial charge in [-0.1, -0.05) is 24.3 Å². The molecule has 0 aromatic heterocycles. The molecule has 2 atom stereocenters. The predicted octanol–water partition coefficient (Wildman–Crippen LogP) is 2.87. The van der Waals surface area contributed by atoms with Gasteiger partial charge < -0.3 is 29.9 Å². The SMILES string of the molecule is COC(=O)C[C@H](C1=C(O)C(=O)C([C@@H](CC(=O)OC)c2ccc(O)cc2)=C(O)C1=O)c1ccc(O)cc1. The molecule has 0 fully saturated rings. The Bertz CT molecular complexity index is 1150. The standard InChI is InChI=1S/C26H24O10/c1-35-19(29)11-17(13-3-7-15(27)8-4-13)21-23(31)25(33)22(26(34)24(21)32)18(12-20(30)36-2)14-5-9-16(28)10-6-14/h3-10,17-18,27-28,31,34H,11-12H2,1-2H3/t17-,18-/m0/s1. The summed E-state index contributed by atoms with van der Waals surface area (Å²) in [5, 5.41) is 41.0. The Balaban J connectivity index is 2.14. The number of aliphatic hydroxyl groups is 2. The molecule has 10 heteroatoms. The number of allylic oxidation sites excluding steroid dienone is 2. The van der Waals surface area contributed by atoms with Crippen LogP contribution in [0.5, 0.6) is 11.5 Å². The minimum absolute atomic E-state index is 0.0932. The summed E-state index contributed by atoms with van der Waals surface area (Å²) in [7, 11) is 2.26. The molecule has 0 amide bonds. The molecule has 0 radical (unpaired) electrons. The van der Waals surface area contributed by atoms with E-state index >= 15 is 0 Å². The van der Waals surface area contributed by atoms with Crippen LogP contribution in [0.15, 0.2) is 71.2 Å². The van der Waals surface area contributed by atoms with Crippen LogP contribution in [-0.2, 0) is 28.7 Å². The quantitative estimate of drug-likeness (QED) is 0.315. The van der Waals surface area contributed by atoms with Crippen molar-refractivity contribution in [3.05, 3.63) is 82.3 Å². The van der Waals surface area contributed by atoms with Crippen molar-refractivity contribution in [2.45, 2.75) is 24.7 Å². The molecule has 2 aromatic rings. The number of aromatic hydroxyl groups is 2. The van der Waals surface area contributed by atoms with Gasteiger partial charge in [-0.2, -0.15) is 0 Å². The smallest absolute Gasteiger partial charge is 0.306 e. The largest absolute Gasteiger partial charge is 0.508 e. The number of phenolic OH excluding ortho intramolecular Hbond substituents is 2. The van der Waals surface area contributed by atoms with Crippen LogP contribution in [0.1, 0.15) is 35.8 Å². The lowest BCUT2D eigenvalue weighted by Crippen LogP contribution is -2.31. The summed E-state index contributed by atoms with van der Waals surface area (Å²) in [6, 6.07) is 10.8. The average Bonchev–Trinajstić information content (AvgIpc) is 2.87. The van der Waals surface area contributed by atoms with Gasteiger partial charge in [0.15, 0.2) is 11.5 Å². The van der Waals surface area contributed by atoms with Gasteiger partial charge in [0, 0.05) is 11.8 Å². The fourth-order valence-corrected chi connectivity index (χ4v) is 4.05. The number of hydrogen-bond donors (Lipinski definition) is 4.